The first kappa shape index (κ1) is 12.6. The number of nitrogens with one attached hydrogen (secondary N) is 1. The van der Waals surface area contributed by atoms with Gasteiger partial charge in [0.2, 0.25) is 0 Å². The number of hydrogen-bond donors (Lipinski definition) is 1. The minimum absolute atomic E-state index is 0.739. The first-order chi connectivity index (χ1) is 8.83. The van der Waals surface area contributed by atoms with Crippen LogP contribution in [0.1, 0.15) is 19.4 Å². The Bertz CT molecular complexity index is 495. The molecule has 0 fully saturated rings. The van der Waals surface area contributed by atoms with Crippen LogP contribution in [0.25, 0.3) is 0 Å². The number of aryl methyl sites for hydroxylation is 1. The quantitative estimate of drug-likeness (QED) is 0.849. The first-order valence-electron chi connectivity index (χ1n) is 6.17. The van der Waals surface area contributed by atoms with Crippen LogP contribution in [0.5, 0.6) is 11.5 Å². The van der Waals surface area contributed by atoms with Crippen LogP contribution in [0.4, 0.5) is 0 Å². The maximum absolute atomic E-state index is 5.80. The van der Waals surface area contributed by atoms with Crippen LogP contribution >= 0.6 is 0 Å². The van der Waals surface area contributed by atoms with E-state index in [0.29, 0.717) is 0 Å². The molecule has 0 aliphatic heterocycles. The number of ether oxygens (including phenoxy) is 1. The van der Waals surface area contributed by atoms with Gasteiger partial charge in [-0.25, -0.2) is 0 Å². The SMILES string of the molecule is CCNCc1ccncc1Oc1cnn(CC)c1. The fraction of sp³-hybridized carbons (Fsp3) is 0.385. The van der Waals surface area contributed by atoms with Gasteiger partial charge in [0.1, 0.15) is 5.75 Å². The van der Waals surface area contributed by atoms with Crippen molar-refractivity contribution in [3.05, 3.63) is 36.4 Å². The van der Waals surface area contributed by atoms with Gasteiger partial charge in [0.25, 0.3) is 0 Å². The van der Waals surface area contributed by atoms with E-state index in [9.17, 15) is 0 Å². The molecule has 2 heterocycles. The van der Waals surface area contributed by atoms with Crippen molar-refractivity contribution in [1.29, 1.82) is 0 Å². The van der Waals surface area contributed by atoms with Gasteiger partial charge in [0, 0.05) is 24.8 Å². The fourth-order valence-electron chi connectivity index (χ4n) is 1.60. The standard InChI is InChI=1S/C13H18N4O/c1-3-14-7-11-5-6-15-9-13(11)18-12-8-16-17(4-2)10-12/h5-6,8-10,14H,3-4,7H2,1-2H3. The van der Waals surface area contributed by atoms with Crippen molar-refractivity contribution in [1.82, 2.24) is 20.1 Å². The average molecular weight is 246 g/mol. The topological polar surface area (TPSA) is 52.0 Å². The van der Waals surface area contributed by atoms with E-state index in [1.54, 1.807) is 18.6 Å². The van der Waals surface area contributed by atoms with Crippen molar-refractivity contribution in [2.24, 2.45) is 0 Å². The molecule has 0 atom stereocenters. The van der Waals surface area contributed by atoms with Crippen molar-refractivity contribution < 1.29 is 4.74 Å². The van der Waals surface area contributed by atoms with Gasteiger partial charge in [-0.3, -0.25) is 9.67 Å². The minimum Gasteiger partial charge on any atom is -0.452 e. The summed E-state index contributed by atoms with van der Waals surface area (Å²) < 4.78 is 7.63. The molecule has 0 aromatic carbocycles. The molecule has 0 aliphatic rings. The van der Waals surface area contributed by atoms with E-state index < -0.39 is 0 Å². The Hall–Kier alpha value is -1.88. The molecule has 5 heteroatoms. The molecule has 0 bridgehead atoms. The zero-order valence-electron chi connectivity index (χ0n) is 10.8. The first-order valence-corrected chi connectivity index (χ1v) is 6.17. The molecular formula is C13H18N4O. The van der Waals surface area contributed by atoms with E-state index in [-0.39, 0.29) is 0 Å². The van der Waals surface area contributed by atoms with Crippen molar-refractivity contribution in [2.45, 2.75) is 26.9 Å². The van der Waals surface area contributed by atoms with Crippen molar-refractivity contribution in [3.63, 3.8) is 0 Å². The van der Waals surface area contributed by atoms with Crippen molar-refractivity contribution in [2.75, 3.05) is 6.54 Å². The predicted octanol–water partition coefficient (Wildman–Crippen LogP) is 2.20. The summed E-state index contributed by atoms with van der Waals surface area (Å²) in [5.41, 5.74) is 1.09. The van der Waals surface area contributed by atoms with Crippen LogP contribution < -0.4 is 10.1 Å². The van der Waals surface area contributed by atoms with Gasteiger partial charge < -0.3 is 10.1 Å². The van der Waals surface area contributed by atoms with Crippen LogP contribution in [0, 0.1) is 0 Å². The summed E-state index contributed by atoms with van der Waals surface area (Å²) in [6.07, 6.45) is 7.10. The normalized spacial score (nSPS) is 10.6. The van der Waals surface area contributed by atoms with Gasteiger partial charge in [-0.2, -0.15) is 5.10 Å². The molecule has 0 saturated heterocycles. The molecule has 1 N–H and O–H groups in total. The second-order valence-corrected chi connectivity index (χ2v) is 3.90. The minimum atomic E-state index is 0.739. The fourth-order valence-corrected chi connectivity index (χ4v) is 1.60. The molecule has 2 aromatic heterocycles. The molecule has 0 aliphatic carbocycles. The van der Waals surface area contributed by atoms with Gasteiger partial charge in [0.15, 0.2) is 5.75 Å². The summed E-state index contributed by atoms with van der Waals surface area (Å²) in [5.74, 6) is 1.51. The Morgan fingerprint density at radius 1 is 1.33 bits per heavy atom. The number of nitrogens with zero attached hydrogens (tertiary/aromatic N) is 3. The van der Waals surface area contributed by atoms with Crippen LogP contribution in [0.2, 0.25) is 0 Å². The van der Waals surface area contributed by atoms with Crippen LogP contribution in [-0.4, -0.2) is 21.3 Å². The Kier molecular flexibility index (Phi) is 4.30. The van der Waals surface area contributed by atoms with E-state index >= 15 is 0 Å². The highest BCUT2D eigenvalue weighted by Gasteiger charge is 2.06. The molecule has 0 saturated carbocycles. The average Bonchev–Trinajstić information content (AvgIpc) is 2.85. The summed E-state index contributed by atoms with van der Waals surface area (Å²) in [6, 6.07) is 1.96. The summed E-state index contributed by atoms with van der Waals surface area (Å²) in [5, 5.41) is 7.46. The predicted molar refractivity (Wildman–Crippen MR) is 69.6 cm³/mol. The van der Waals surface area contributed by atoms with Gasteiger partial charge in [-0.05, 0) is 19.5 Å². The Morgan fingerprint density at radius 2 is 2.22 bits per heavy atom. The lowest BCUT2D eigenvalue weighted by Gasteiger charge is -2.09. The van der Waals surface area contributed by atoms with E-state index in [1.807, 2.05) is 23.9 Å². The molecule has 2 aromatic rings. The third-order valence-electron chi connectivity index (χ3n) is 2.60. The zero-order valence-corrected chi connectivity index (χ0v) is 10.8. The summed E-state index contributed by atoms with van der Waals surface area (Å²) in [6.45, 7) is 6.65. The number of hydrogen-bond acceptors (Lipinski definition) is 4. The van der Waals surface area contributed by atoms with Gasteiger partial charge in [-0.1, -0.05) is 6.92 Å². The monoisotopic (exact) mass is 246 g/mol. The molecule has 0 spiro atoms. The molecular weight excluding hydrogens is 228 g/mol. The largest absolute Gasteiger partial charge is 0.452 e. The molecule has 5 nitrogen and oxygen atoms in total. The second kappa shape index (κ2) is 6.16. The zero-order chi connectivity index (χ0) is 12.8. The van der Waals surface area contributed by atoms with Gasteiger partial charge in [-0.15, -0.1) is 0 Å². The van der Waals surface area contributed by atoms with Crippen molar-refractivity contribution >= 4 is 0 Å². The van der Waals surface area contributed by atoms with E-state index in [1.165, 1.54) is 0 Å². The Labute approximate surface area is 107 Å². The van der Waals surface area contributed by atoms with E-state index in [4.69, 9.17) is 4.74 Å². The highest BCUT2D eigenvalue weighted by atomic mass is 16.5. The Morgan fingerprint density at radius 3 is 2.94 bits per heavy atom. The molecule has 18 heavy (non-hydrogen) atoms. The van der Waals surface area contributed by atoms with Crippen molar-refractivity contribution in [3.8, 4) is 11.5 Å². The highest BCUT2D eigenvalue weighted by molar-refractivity contribution is 5.33. The number of rotatable bonds is 6. The van der Waals surface area contributed by atoms with Crippen LogP contribution in [0.3, 0.4) is 0 Å². The van der Waals surface area contributed by atoms with E-state index in [2.05, 4.69) is 22.3 Å². The maximum Gasteiger partial charge on any atom is 0.165 e. The molecule has 0 unspecified atom stereocenters. The van der Waals surface area contributed by atoms with E-state index in [0.717, 1.165) is 36.7 Å². The lowest BCUT2D eigenvalue weighted by molar-refractivity contribution is 0.469. The number of aromatic nitrogens is 3. The third-order valence-corrected chi connectivity index (χ3v) is 2.60. The summed E-state index contributed by atoms with van der Waals surface area (Å²) >= 11 is 0. The molecule has 96 valence electrons. The van der Waals surface area contributed by atoms with Crippen LogP contribution in [-0.2, 0) is 13.1 Å². The lowest BCUT2D eigenvalue weighted by Crippen LogP contribution is -2.12. The molecule has 0 amide bonds. The lowest BCUT2D eigenvalue weighted by atomic mass is 10.2. The maximum atomic E-state index is 5.80. The molecule has 2 rings (SSSR count). The number of pyridine rings is 1. The smallest absolute Gasteiger partial charge is 0.165 e. The van der Waals surface area contributed by atoms with Gasteiger partial charge in [0.05, 0.1) is 18.6 Å². The molecule has 0 radical (unpaired) electrons. The Balaban J connectivity index is 2.12. The third kappa shape index (κ3) is 3.07. The summed E-state index contributed by atoms with van der Waals surface area (Å²) in [4.78, 5) is 4.10. The van der Waals surface area contributed by atoms with Crippen LogP contribution in [0.15, 0.2) is 30.9 Å². The highest BCUT2D eigenvalue weighted by Crippen LogP contribution is 2.23. The second-order valence-electron chi connectivity index (χ2n) is 3.90. The van der Waals surface area contributed by atoms with Gasteiger partial charge >= 0.3 is 0 Å². The summed E-state index contributed by atoms with van der Waals surface area (Å²) in [7, 11) is 0.